The molecule has 1 fully saturated rings. The Kier molecular flexibility index (Phi) is 3.87. The van der Waals surface area contributed by atoms with Gasteiger partial charge in [0.2, 0.25) is 0 Å². The first-order valence-electron chi connectivity index (χ1n) is 7.18. The third-order valence-corrected chi connectivity index (χ3v) is 4.36. The smallest absolute Gasteiger partial charge is 0.195 e. The van der Waals surface area contributed by atoms with Crippen molar-refractivity contribution in [3.63, 3.8) is 0 Å². The molecule has 0 saturated heterocycles. The lowest BCUT2D eigenvalue weighted by Crippen LogP contribution is -2.15. The van der Waals surface area contributed by atoms with Crippen molar-refractivity contribution in [1.82, 2.24) is 14.8 Å². The van der Waals surface area contributed by atoms with E-state index in [0.717, 1.165) is 17.9 Å². The van der Waals surface area contributed by atoms with Crippen LogP contribution in [0, 0.1) is 10.7 Å². The molecule has 4 nitrogen and oxygen atoms in total. The molecule has 0 spiro atoms. The van der Waals surface area contributed by atoms with E-state index in [1.165, 1.54) is 32.1 Å². The van der Waals surface area contributed by atoms with Crippen LogP contribution >= 0.6 is 12.2 Å². The molecule has 1 saturated carbocycles. The number of phenolic OH excluding ortho intramolecular Hbond substituents is 1. The van der Waals surface area contributed by atoms with Gasteiger partial charge in [-0.1, -0.05) is 19.3 Å². The molecule has 106 valence electrons. The van der Waals surface area contributed by atoms with Gasteiger partial charge in [-0.05, 0) is 55.2 Å². The maximum absolute atomic E-state index is 9.38. The monoisotopic (exact) mass is 289 g/mol. The van der Waals surface area contributed by atoms with Gasteiger partial charge in [-0.15, -0.1) is 0 Å². The van der Waals surface area contributed by atoms with Gasteiger partial charge < -0.3 is 5.11 Å². The number of nitrogens with zero attached hydrogens (tertiary/aromatic N) is 2. The van der Waals surface area contributed by atoms with Crippen molar-refractivity contribution in [2.45, 2.75) is 38.6 Å². The van der Waals surface area contributed by atoms with E-state index in [4.69, 9.17) is 12.2 Å². The van der Waals surface area contributed by atoms with Crippen LogP contribution in [0.5, 0.6) is 5.75 Å². The summed E-state index contributed by atoms with van der Waals surface area (Å²) in [5.74, 6) is 1.83. The zero-order valence-electron chi connectivity index (χ0n) is 11.4. The first-order valence-corrected chi connectivity index (χ1v) is 7.59. The lowest BCUT2D eigenvalue weighted by Gasteiger charge is -2.22. The molecule has 20 heavy (non-hydrogen) atoms. The van der Waals surface area contributed by atoms with Crippen LogP contribution in [-0.2, 0) is 6.54 Å². The first-order chi connectivity index (χ1) is 9.74. The Labute approximate surface area is 123 Å². The van der Waals surface area contributed by atoms with Crippen LogP contribution < -0.4 is 0 Å². The highest BCUT2D eigenvalue weighted by atomic mass is 32.1. The van der Waals surface area contributed by atoms with Gasteiger partial charge in [0, 0.05) is 12.1 Å². The molecule has 0 bridgehead atoms. The third-order valence-electron chi connectivity index (χ3n) is 4.05. The summed E-state index contributed by atoms with van der Waals surface area (Å²) in [6.45, 7) is 0.936. The van der Waals surface area contributed by atoms with Gasteiger partial charge in [-0.3, -0.25) is 9.67 Å². The summed E-state index contributed by atoms with van der Waals surface area (Å²) in [6.07, 6.45) is 6.57. The number of aromatic nitrogens is 3. The maximum atomic E-state index is 9.38. The second kappa shape index (κ2) is 5.79. The molecule has 0 aliphatic heterocycles. The summed E-state index contributed by atoms with van der Waals surface area (Å²) in [6, 6.07) is 7.10. The first kappa shape index (κ1) is 13.4. The second-order valence-electron chi connectivity index (χ2n) is 5.51. The Morgan fingerprint density at radius 2 is 1.90 bits per heavy atom. The zero-order chi connectivity index (χ0) is 13.9. The molecule has 0 atom stereocenters. The topological polar surface area (TPSA) is 53.8 Å². The summed E-state index contributed by atoms with van der Waals surface area (Å²) in [5.41, 5.74) is 0.978. The zero-order valence-corrected chi connectivity index (χ0v) is 12.2. The van der Waals surface area contributed by atoms with E-state index in [-0.39, 0.29) is 5.75 Å². The largest absolute Gasteiger partial charge is 0.508 e. The van der Waals surface area contributed by atoms with Crippen LogP contribution in [0.15, 0.2) is 24.3 Å². The van der Waals surface area contributed by atoms with Crippen LogP contribution in [0.4, 0.5) is 0 Å². The van der Waals surface area contributed by atoms with Crippen LogP contribution in [0.1, 0.15) is 32.1 Å². The number of benzene rings is 1. The number of nitrogens with one attached hydrogen (secondary N) is 1. The van der Waals surface area contributed by atoms with Gasteiger partial charge in [0.05, 0.1) is 0 Å². The Hall–Kier alpha value is -1.62. The van der Waals surface area contributed by atoms with Crippen molar-refractivity contribution >= 4 is 12.2 Å². The Morgan fingerprint density at radius 1 is 1.20 bits per heavy atom. The molecule has 1 aromatic carbocycles. The fraction of sp³-hybridized carbons (Fsp3) is 0.467. The maximum Gasteiger partial charge on any atom is 0.195 e. The van der Waals surface area contributed by atoms with Gasteiger partial charge in [0.1, 0.15) is 5.75 Å². The van der Waals surface area contributed by atoms with Gasteiger partial charge in [-0.2, -0.15) is 5.10 Å². The summed E-state index contributed by atoms with van der Waals surface area (Å²) in [5, 5.41) is 16.6. The molecule has 1 aliphatic carbocycles. The number of aromatic amines is 1. The SMILES string of the molecule is Oc1ccc(-c2n[nH]c(=S)n2CC2CCCCC2)cc1. The van der Waals surface area contributed by atoms with Gasteiger partial charge >= 0.3 is 0 Å². The Bertz CT molecular complexity index is 623. The number of rotatable bonds is 3. The highest BCUT2D eigenvalue weighted by Crippen LogP contribution is 2.27. The normalized spacial score (nSPS) is 16.4. The molecular weight excluding hydrogens is 270 g/mol. The van der Waals surface area contributed by atoms with E-state index in [9.17, 15) is 5.11 Å². The highest BCUT2D eigenvalue weighted by Gasteiger charge is 2.17. The van der Waals surface area contributed by atoms with Crippen molar-refractivity contribution < 1.29 is 5.11 Å². The summed E-state index contributed by atoms with van der Waals surface area (Å²) in [4.78, 5) is 0. The predicted octanol–water partition coefficient (Wildman–Crippen LogP) is 3.89. The molecule has 1 aliphatic rings. The number of hydrogen-bond donors (Lipinski definition) is 2. The Morgan fingerprint density at radius 3 is 2.60 bits per heavy atom. The minimum Gasteiger partial charge on any atom is -0.508 e. The van der Waals surface area contributed by atoms with E-state index in [2.05, 4.69) is 14.8 Å². The van der Waals surface area contributed by atoms with E-state index < -0.39 is 0 Å². The number of hydrogen-bond acceptors (Lipinski definition) is 3. The summed E-state index contributed by atoms with van der Waals surface area (Å²) >= 11 is 5.36. The lowest BCUT2D eigenvalue weighted by atomic mass is 9.89. The van der Waals surface area contributed by atoms with Crippen molar-refractivity contribution in [3.05, 3.63) is 29.0 Å². The van der Waals surface area contributed by atoms with E-state index in [0.29, 0.717) is 10.7 Å². The molecule has 2 aromatic rings. The molecule has 0 unspecified atom stereocenters. The fourth-order valence-electron chi connectivity index (χ4n) is 2.95. The standard InChI is InChI=1S/C15H19N3OS/c19-13-8-6-12(7-9-13)14-16-17-15(20)18(14)10-11-4-2-1-3-5-11/h6-9,11,19H,1-5,10H2,(H,17,20). The van der Waals surface area contributed by atoms with E-state index in [1.54, 1.807) is 12.1 Å². The average Bonchev–Trinajstić information content (AvgIpc) is 2.83. The third kappa shape index (κ3) is 2.77. The van der Waals surface area contributed by atoms with Gasteiger partial charge in [-0.25, -0.2) is 0 Å². The molecule has 0 radical (unpaired) electrons. The van der Waals surface area contributed by atoms with Crippen molar-refractivity contribution in [1.29, 1.82) is 0 Å². The van der Waals surface area contributed by atoms with Gasteiger partial charge in [0.25, 0.3) is 0 Å². The highest BCUT2D eigenvalue weighted by molar-refractivity contribution is 7.71. The number of aromatic hydroxyl groups is 1. The van der Waals surface area contributed by atoms with E-state index >= 15 is 0 Å². The summed E-state index contributed by atoms with van der Waals surface area (Å²) < 4.78 is 2.77. The van der Waals surface area contributed by atoms with Crippen molar-refractivity contribution in [2.24, 2.45) is 5.92 Å². The molecule has 0 amide bonds. The van der Waals surface area contributed by atoms with Crippen LogP contribution in [0.25, 0.3) is 11.4 Å². The lowest BCUT2D eigenvalue weighted by molar-refractivity contribution is 0.319. The van der Waals surface area contributed by atoms with Crippen LogP contribution in [-0.4, -0.2) is 19.9 Å². The predicted molar refractivity (Wildman–Crippen MR) is 81.1 cm³/mol. The summed E-state index contributed by atoms with van der Waals surface area (Å²) in [7, 11) is 0. The Balaban J connectivity index is 1.88. The van der Waals surface area contributed by atoms with Crippen molar-refractivity contribution in [3.8, 4) is 17.1 Å². The molecular formula is C15H19N3OS. The van der Waals surface area contributed by atoms with E-state index in [1.807, 2.05) is 12.1 Å². The second-order valence-corrected chi connectivity index (χ2v) is 5.90. The van der Waals surface area contributed by atoms with Crippen LogP contribution in [0.2, 0.25) is 0 Å². The molecule has 1 heterocycles. The average molecular weight is 289 g/mol. The minimum atomic E-state index is 0.265. The minimum absolute atomic E-state index is 0.265. The van der Waals surface area contributed by atoms with Crippen molar-refractivity contribution in [2.75, 3.05) is 0 Å². The molecule has 1 aromatic heterocycles. The number of phenols is 1. The quantitative estimate of drug-likeness (QED) is 0.843. The molecule has 2 N–H and O–H groups in total. The molecule has 5 heteroatoms. The number of H-pyrrole nitrogens is 1. The molecule has 3 rings (SSSR count). The van der Waals surface area contributed by atoms with Crippen LogP contribution in [0.3, 0.4) is 0 Å². The van der Waals surface area contributed by atoms with Gasteiger partial charge in [0.15, 0.2) is 10.6 Å². The fourth-order valence-corrected chi connectivity index (χ4v) is 3.15.